The molecule has 2 aliphatic rings. The molecule has 0 radical (unpaired) electrons. The van der Waals surface area contributed by atoms with E-state index in [1.807, 2.05) is 0 Å². The summed E-state index contributed by atoms with van der Waals surface area (Å²) in [6.45, 7) is 0. The number of fused-ring (bicyclic) bond motifs is 1. The van der Waals surface area contributed by atoms with Crippen molar-refractivity contribution < 1.29 is 88.5 Å². The number of nitrogens with zero attached hydrogens (tertiary/aromatic N) is 4. The molecule has 0 bridgehead atoms. The van der Waals surface area contributed by atoms with Gasteiger partial charge in [0.2, 0.25) is 11.0 Å². The maximum atomic E-state index is 12.8. The van der Waals surface area contributed by atoms with Crippen LogP contribution in [0.3, 0.4) is 0 Å². The molecule has 0 saturated carbocycles. The normalized spacial score (nSPS) is 19.4. The van der Waals surface area contributed by atoms with Gasteiger partial charge in [-0.1, -0.05) is 41.7 Å². The maximum Gasteiger partial charge on any atom is 1.00 e. The Hall–Kier alpha value is -1.45. The molecule has 11 nitrogen and oxygen atoms in total. The predicted octanol–water partition coefficient (Wildman–Crippen LogP) is -7.99. The summed E-state index contributed by atoms with van der Waals surface area (Å²) >= 11 is 2.40. The van der Waals surface area contributed by atoms with Crippen molar-refractivity contribution in [3.05, 3.63) is 46.6 Å². The van der Waals surface area contributed by atoms with Crippen LogP contribution in [0, 0.1) is 0 Å². The van der Waals surface area contributed by atoms with Gasteiger partial charge < -0.3 is 30.0 Å². The minimum absolute atomic E-state index is 0. The van der Waals surface area contributed by atoms with E-state index >= 15 is 0 Å². The number of rotatable bonds is 7. The zero-order chi connectivity index (χ0) is 23.9. The molecule has 15 heteroatoms. The summed E-state index contributed by atoms with van der Waals surface area (Å²) in [5.74, 6) is -6.17. The first kappa shape index (κ1) is 29.8. The topological polar surface area (TPSA) is 159 Å². The molecule has 3 heterocycles. The number of amides is 2. The number of thioether (sulfide) groups is 1. The first-order chi connectivity index (χ1) is 15.7. The molecular formula is C20H17N5Na2O6S2. The van der Waals surface area contributed by atoms with Gasteiger partial charge in [-0.3, -0.25) is 14.5 Å². The minimum Gasteiger partial charge on any atom is -0.549 e. The van der Waals surface area contributed by atoms with Crippen LogP contribution in [0.4, 0.5) is 5.13 Å². The molecule has 2 aliphatic heterocycles. The van der Waals surface area contributed by atoms with Gasteiger partial charge in [-0.2, -0.15) is 0 Å². The van der Waals surface area contributed by atoms with Gasteiger partial charge in [0, 0.05) is 25.4 Å². The van der Waals surface area contributed by atoms with Gasteiger partial charge >= 0.3 is 59.1 Å². The molecule has 0 aliphatic carbocycles. The van der Waals surface area contributed by atoms with Crippen molar-refractivity contribution >= 4 is 57.6 Å². The van der Waals surface area contributed by atoms with Gasteiger partial charge in [-0.05, 0) is 5.56 Å². The van der Waals surface area contributed by atoms with Crippen LogP contribution in [-0.4, -0.2) is 70.1 Å². The molecule has 4 rings (SSSR count). The zero-order valence-corrected chi connectivity index (χ0v) is 25.0. The third-order valence-electron chi connectivity index (χ3n) is 5.15. The van der Waals surface area contributed by atoms with E-state index in [4.69, 9.17) is 0 Å². The number of anilines is 1. The van der Waals surface area contributed by atoms with Crippen molar-refractivity contribution in [2.75, 3.05) is 24.7 Å². The summed E-state index contributed by atoms with van der Waals surface area (Å²) in [6, 6.07) is 6.69. The number of carbonyl (C=O) groups is 4. The van der Waals surface area contributed by atoms with Crippen LogP contribution >= 0.6 is 23.1 Å². The van der Waals surface area contributed by atoms with E-state index in [0.717, 1.165) is 4.90 Å². The molecule has 3 atom stereocenters. The van der Waals surface area contributed by atoms with E-state index in [0.29, 0.717) is 15.7 Å². The number of nitrogens with one attached hydrogen (secondary N) is 1. The maximum absolute atomic E-state index is 12.8. The van der Waals surface area contributed by atoms with Crippen molar-refractivity contribution in [1.82, 2.24) is 20.4 Å². The van der Waals surface area contributed by atoms with E-state index in [9.17, 15) is 29.4 Å². The van der Waals surface area contributed by atoms with Gasteiger partial charge in [-0.25, -0.2) is 0 Å². The number of benzene rings is 1. The fourth-order valence-electron chi connectivity index (χ4n) is 3.57. The van der Waals surface area contributed by atoms with E-state index in [1.54, 1.807) is 37.2 Å². The molecule has 1 aromatic carbocycles. The molecule has 1 fully saturated rings. The van der Waals surface area contributed by atoms with Crippen molar-refractivity contribution in [3.63, 3.8) is 0 Å². The summed E-state index contributed by atoms with van der Waals surface area (Å²) in [5.41, 5.74) is 0.188. The van der Waals surface area contributed by atoms with E-state index in [2.05, 4.69) is 15.5 Å². The van der Waals surface area contributed by atoms with Gasteiger partial charge in [0.1, 0.15) is 22.3 Å². The van der Waals surface area contributed by atoms with Crippen LogP contribution < -0.4 is 79.5 Å². The van der Waals surface area contributed by atoms with E-state index in [1.165, 1.54) is 35.2 Å². The van der Waals surface area contributed by atoms with Crippen molar-refractivity contribution in [1.29, 1.82) is 0 Å². The number of aliphatic carboxylic acids is 2. The number of hydrogen-bond donors (Lipinski definition) is 1. The van der Waals surface area contributed by atoms with Gasteiger partial charge in [0.25, 0.3) is 5.91 Å². The standard InChI is InChI=1S/C20H19N5O6S2.2Na/c1-24(2)20-23-22-15(33-20)10-8-32-17-12(16(27)25(17)13(10)19(30)31)21-14(26)11(18(28)29)9-6-4-3-5-7-9;;/h3-7,11-12,17H,8H2,1-2H3,(H,21,26)(H,28,29)(H,30,31);;/q;2*+1/p-2/t11?,12?,17-;;/m1../s1. The smallest absolute Gasteiger partial charge is 0.549 e. The van der Waals surface area contributed by atoms with Crippen LogP contribution in [0.2, 0.25) is 0 Å². The average molecular weight is 533 g/mol. The second-order valence-electron chi connectivity index (χ2n) is 7.46. The molecule has 2 amide bonds. The van der Waals surface area contributed by atoms with Crippen LogP contribution in [0.25, 0.3) is 5.57 Å². The molecule has 35 heavy (non-hydrogen) atoms. The Morgan fingerprint density at radius 2 is 1.80 bits per heavy atom. The Balaban J connectivity index is 0.00000216. The van der Waals surface area contributed by atoms with E-state index in [-0.39, 0.29) is 76.1 Å². The summed E-state index contributed by atoms with van der Waals surface area (Å²) in [4.78, 5) is 51.8. The largest absolute Gasteiger partial charge is 1.00 e. The number of carboxylic acids is 2. The van der Waals surface area contributed by atoms with Crippen LogP contribution in [0.1, 0.15) is 16.5 Å². The van der Waals surface area contributed by atoms with Crippen molar-refractivity contribution in [2.45, 2.75) is 17.3 Å². The van der Waals surface area contributed by atoms with Crippen LogP contribution in [-0.2, 0) is 19.2 Å². The molecule has 2 aromatic rings. The number of β-lactam (4-membered cyclic amide) rings is 1. The first-order valence-corrected chi connectivity index (χ1v) is 11.5. The summed E-state index contributed by atoms with van der Waals surface area (Å²) in [7, 11) is 3.54. The Morgan fingerprint density at radius 1 is 1.14 bits per heavy atom. The van der Waals surface area contributed by atoms with Crippen molar-refractivity contribution in [2.24, 2.45) is 0 Å². The van der Waals surface area contributed by atoms with Gasteiger partial charge in [-0.15, -0.1) is 22.0 Å². The number of hydrogen-bond acceptors (Lipinski definition) is 11. The summed E-state index contributed by atoms with van der Waals surface area (Å²) in [6.07, 6.45) is 0. The Morgan fingerprint density at radius 3 is 2.34 bits per heavy atom. The number of carbonyl (C=O) groups excluding carboxylic acids is 4. The summed E-state index contributed by atoms with van der Waals surface area (Å²) in [5, 5.41) is 34.2. The quantitative estimate of drug-likeness (QED) is 0.206. The fourth-order valence-corrected chi connectivity index (χ4v) is 5.82. The fraction of sp³-hybridized carbons (Fsp3) is 0.300. The molecule has 1 aromatic heterocycles. The Labute approximate surface area is 252 Å². The molecule has 1 N–H and O–H groups in total. The minimum atomic E-state index is -1.61. The third kappa shape index (κ3) is 5.77. The second kappa shape index (κ2) is 12.2. The molecule has 172 valence electrons. The Bertz CT molecular complexity index is 1180. The predicted molar refractivity (Wildman–Crippen MR) is 115 cm³/mol. The number of carboxylic acid groups (broad SMARTS) is 2. The Kier molecular flexibility index (Phi) is 10.4. The monoisotopic (exact) mass is 533 g/mol. The van der Waals surface area contributed by atoms with Crippen LogP contribution in [0.15, 0.2) is 36.0 Å². The average Bonchev–Trinajstić information content (AvgIpc) is 3.27. The SMILES string of the molecule is CN(C)c1nnc(C2=C(C(=O)[O-])N3C(=O)C(NC(=O)C(C(=O)[O-])c4ccccc4)[C@H]3SC2)s1.[Na+].[Na+]. The van der Waals surface area contributed by atoms with Crippen molar-refractivity contribution in [3.8, 4) is 0 Å². The van der Waals surface area contributed by atoms with E-state index < -0.39 is 41.1 Å². The second-order valence-corrected chi connectivity index (χ2v) is 9.52. The molecule has 0 spiro atoms. The molecule has 1 saturated heterocycles. The van der Waals surface area contributed by atoms with Gasteiger partial charge in [0.05, 0.1) is 17.6 Å². The third-order valence-corrected chi connectivity index (χ3v) is 7.58. The molecular weight excluding hydrogens is 516 g/mol. The molecule has 2 unspecified atom stereocenters. The first-order valence-electron chi connectivity index (χ1n) is 9.67. The van der Waals surface area contributed by atoms with Crippen LogP contribution in [0.5, 0.6) is 0 Å². The number of aromatic nitrogens is 2. The summed E-state index contributed by atoms with van der Waals surface area (Å²) < 4.78 is 0. The van der Waals surface area contributed by atoms with Gasteiger partial charge in [0.15, 0.2) is 0 Å². The zero-order valence-electron chi connectivity index (χ0n) is 19.4.